The number of ether oxygens (including phenoxy) is 1. The second kappa shape index (κ2) is 10.5. The number of hydrogen-bond donors (Lipinski definition) is 2. The molecule has 0 aliphatic heterocycles. The molecule has 0 saturated carbocycles. The van der Waals surface area contributed by atoms with Crippen molar-refractivity contribution in [3.63, 3.8) is 0 Å². The van der Waals surface area contributed by atoms with Gasteiger partial charge in [0.15, 0.2) is 12.4 Å². The fraction of sp³-hybridized carbons (Fsp3) is 0.200. The molecule has 0 fully saturated rings. The zero-order valence-electron chi connectivity index (χ0n) is 19.0. The molecule has 190 valence electrons. The van der Waals surface area contributed by atoms with Crippen LogP contribution in [-0.2, 0) is 16.5 Å². The molecule has 5 nitrogen and oxygen atoms in total. The summed E-state index contributed by atoms with van der Waals surface area (Å²) in [7, 11) is 0. The van der Waals surface area contributed by atoms with Crippen LogP contribution in [0, 0.1) is 5.82 Å². The lowest BCUT2D eigenvalue weighted by Gasteiger charge is -2.20. The predicted octanol–water partition coefficient (Wildman–Crippen LogP) is 6.59. The molecule has 0 bridgehead atoms. The van der Waals surface area contributed by atoms with Crippen LogP contribution in [0.1, 0.15) is 40.9 Å². The summed E-state index contributed by atoms with van der Waals surface area (Å²) in [5.74, 6) is -2.97. The van der Waals surface area contributed by atoms with Gasteiger partial charge in [0.25, 0.3) is 5.91 Å². The number of carbonyl (C=O) groups excluding carboxylic acids is 2. The average Bonchev–Trinajstić information content (AvgIpc) is 2.77. The zero-order chi connectivity index (χ0) is 26.8. The van der Waals surface area contributed by atoms with E-state index in [1.165, 1.54) is 12.1 Å². The fourth-order valence-electron chi connectivity index (χ4n) is 3.19. The number of nitrogens with one attached hydrogen (secondary N) is 1. The van der Waals surface area contributed by atoms with E-state index in [1.807, 2.05) is 0 Å². The van der Waals surface area contributed by atoms with Crippen molar-refractivity contribution in [1.82, 2.24) is 0 Å². The van der Waals surface area contributed by atoms with Crippen LogP contribution in [0.25, 0.3) is 0 Å². The first-order valence-electron chi connectivity index (χ1n) is 10.4. The second-order valence-corrected chi connectivity index (χ2v) is 9.29. The van der Waals surface area contributed by atoms with Crippen molar-refractivity contribution >= 4 is 40.6 Å². The van der Waals surface area contributed by atoms with Crippen molar-refractivity contribution < 1.29 is 31.9 Å². The van der Waals surface area contributed by atoms with Gasteiger partial charge in [0, 0.05) is 16.1 Å². The van der Waals surface area contributed by atoms with E-state index in [0.29, 0.717) is 17.8 Å². The maximum absolute atomic E-state index is 13.8. The van der Waals surface area contributed by atoms with Crippen LogP contribution in [0.5, 0.6) is 5.75 Å². The molecule has 0 aliphatic carbocycles. The lowest BCUT2D eigenvalue weighted by molar-refractivity contribution is -0.137. The molecule has 0 saturated heterocycles. The molecule has 11 heteroatoms. The van der Waals surface area contributed by atoms with Crippen molar-refractivity contribution in [3.8, 4) is 5.75 Å². The summed E-state index contributed by atoms with van der Waals surface area (Å²) in [6.45, 7) is 3.02. The molecule has 3 rings (SSSR count). The molecule has 0 unspecified atom stereocenters. The molecule has 36 heavy (non-hydrogen) atoms. The summed E-state index contributed by atoms with van der Waals surface area (Å²) in [6, 6.07) is 10.2. The number of nitrogens with two attached hydrogens (primary N) is 1. The van der Waals surface area contributed by atoms with Gasteiger partial charge in [-0.05, 0) is 67.9 Å². The molecule has 0 aromatic heterocycles. The van der Waals surface area contributed by atoms with Crippen LogP contribution < -0.4 is 15.8 Å². The van der Waals surface area contributed by atoms with E-state index in [-0.39, 0.29) is 27.4 Å². The predicted molar refractivity (Wildman–Crippen MR) is 129 cm³/mol. The van der Waals surface area contributed by atoms with Gasteiger partial charge < -0.3 is 15.8 Å². The van der Waals surface area contributed by atoms with Crippen LogP contribution in [0.15, 0.2) is 54.6 Å². The van der Waals surface area contributed by atoms with Crippen LogP contribution >= 0.6 is 23.2 Å². The Morgan fingerprint density at radius 3 is 2.28 bits per heavy atom. The number of halogens is 6. The molecule has 1 amide bonds. The van der Waals surface area contributed by atoms with Gasteiger partial charge in [-0.15, -0.1) is 0 Å². The highest BCUT2D eigenvalue weighted by atomic mass is 35.5. The molecule has 0 heterocycles. The average molecular weight is 543 g/mol. The summed E-state index contributed by atoms with van der Waals surface area (Å²) < 4.78 is 58.5. The van der Waals surface area contributed by atoms with Gasteiger partial charge in [0.05, 0.1) is 21.8 Å². The summed E-state index contributed by atoms with van der Waals surface area (Å²) in [6.07, 6.45) is -4.86. The van der Waals surface area contributed by atoms with E-state index in [0.717, 1.165) is 11.6 Å². The van der Waals surface area contributed by atoms with Gasteiger partial charge in [-0.3, -0.25) is 9.59 Å². The molecule has 0 atom stereocenters. The van der Waals surface area contributed by atoms with Gasteiger partial charge in [0.1, 0.15) is 11.6 Å². The molecule has 3 N–H and O–H groups in total. The van der Waals surface area contributed by atoms with E-state index in [2.05, 4.69) is 5.32 Å². The maximum atomic E-state index is 13.8. The third-order valence-corrected chi connectivity index (χ3v) is 5.57. The van der Waals surface area contributed by atoms with Gasteiger partial charge in [0.2, 0.25) is 0 Å². The zero-order valence-corrected chi connectivity index (χ0v) is 20.5. The summed E-state index contributed by atoms with van der Waals surface area (Å²) in [5.41, 5.74) is 4.31. The topological polar surface area (TPSA) is 81.4 Å². The highest BCUT2D eigenvalue weighted by Gasteiger charge is 2.32. The molecular formula is C25H20Cl2F4N2O3. The number of alkyl halides is 3. The Bertz CT molecular complexity index is 1320. The SMILES string of the molecule is CC(C)(N)c1ccc(NC(=O)COc2ccc(Cl)cc2C(=O)c2cc(F)cc(C(F)(F)F)c2)c(Cl)c1. The minimum Gasteiger partial charge on any atom is -0.483 e. The second-order valence-electron chi connectivity index (χ2n) is 8.45. The van der Waals surface area contributed by atoms with Crippen molar-refractivity contribution in [2.45, 2.75) is 25.6 Å². The minimum atomic E-state index is -4.86. The van der Waals surface area contributed by atoms with Crippen LogP contribution in [-0.4, -0.2) is 18.3 Å². The first-order chi connectivity index (χ1) is 16.6. The minimum absolute atomic E-state index is 0.0808. The number of hydrogen-bond acceptors (Lipinski definition) is 4. The third-order valence-electron chi connectivity index (χ3n) is 5.02. The van der Waals surface area contributed by atoms with Crippen LogP contribution in [0.4, 0.5) is 23.2 Å². The van der Waals surface area contributed by atoms with Crippen LogP contribution in [0.2, 0.25) is 10.0 Å². The lowest BCUT2D eigenvalue weighted by atomic mass is 9.95. The Labute approximate surface area is 214 Å². The molecule has 0 spiro atoms. The van der Waals surface area contributed by atoms with E-state index >= 15 is 0 Å². The van der Waals surface area contributed by atoms with Gasteiger partial charge >= 0.3 is 6.18 Å². The Morgan fingerprint density at radius 1 is 0.972 bits per heavy atom. The number of rotatable bonds is 7. The molecule has 0 radical (unpaired) electrons. The summed E-state index contributed by atoms with van der Waals surface area (Å²) in [5, 5.41) is 2.88. The highest BCUT2D eigenvalue weighted by Crippen LogP contribution is 2.32. The van der Waals surface area contributed by atoms with Crippen LogP contribution in [0.3, 0.4) is 0 Å². The first kappa shape index (κ1) is 27.4. The Balaban J connectivity index is 1.80. The monoisotopic (exact) mass is 542 g/mol. The number of ketones is 1. The molecule has 0 aliphatic rings. The van der Waals surface area contributed by atoms with Crippen molar-refractivity contribution in [3.05, 3.63) is 92.7 Å². The number of carbonyl (C=O) groups is 2. The van der Waals surface area contributed by atoms with E-state index in [9.17, 15) is 27.2 Å². The van der Waals surface area contributed by atoms with Gasteiger partial charge in [-0.2, -0.15) is 13.2 Å². The Hall–Kier alpha value is -3.14. The lowest BCUT2D eigenvalue weighted by Crippen LogP contribution is -2.28. The third kappa shape index (κ3) is 6.75. The summed E-state index contributed by atoms with van der Waals surface area (Å²) >= 11 is 12.2. The summed E-state index contributed by atoms with van der Waals surface area (Å²) in [4.78, 5) is 25.4. The maximum Gasteiger partial charge on any atom is 0.416 e. The molecule has 3 aromatic rings. The molecular weight excluding hydrogens is 523 g/mol. The van der Waals surface area contributed by atoms with Crippen molar-refractivity contribution in [2.75, 3.05) is 11.9 Å². The Morgan fingerprint density at radius 2 is 1.67 bits per heavy atom. The van der Waals surface area contributed by atoms with E-state index in [4.69, 9.17) is 33.7 Å². The highest BCUT2D eigenvalue weighted by molar-refractivity contribution is 6.33. The van der Waals surface area contributed by atoms with Gasteiger partial charge in [-0.1, -0.05) is 29.3 Å². The standard InChI is InChI=1S/C25H20Cl2F4N2O3/c1-24(2,32)14-3-5-20(19(27)10-14)33-22(34)12-36-21-6-4-16(26)11-18(21)23(35)13-7-15(25(29,30)31)9-17(28)8-13/h3-11H,12,32H2,1-2H3,(H,33,34). The van der Waals surface area contributed by atoms with Crippen molar-refractivity contribution in [1.29, 1.82) is 0 Å². The number of benzene rings is 3. The smallest absolute Gasteiger partial charge is 0.416 e. The van der Waals surface area contributed by atoms with E-state index < -0.39 is 47.0 Å². The van der Waals surface area contributed by atoms with Crippen molar-refractivity contribution in [2.24, 2.45) is 5.73 Å². The largest absolute Gasteiger partial charge is 0.483 e. The van der Waals surface area contributed by atoms with E-state index in [1.54, 1.807) is 32.0 Å². The normalized spacial score (nSPS) is 11.8. The number of amides is 1. The Kier molecular flexibility index (Phi) is 7.97. The van der Waals surface area contributed by atoms with Gasteiger partial charge in [-0.25, -0.2) is 4.39 Å². The number of anilines is 1. The quantitative estimate of drug-likeness (QED) is 0.260. The first-order valence-corrected chi connectivity index (χ1v) is 11.1. The molecule has 3 aromatic carbocycles. The fourth-order valence-corrected chi connectivity index (χ4v) is 3.59.